The summed E-state index contributed by atoms with van der Waals surface area (Å²) >= 11 is 1.72. The van der Waals surface area contributed by atoms with E-state index < -0.39 is 0 Å². The maximum absolute atomic E-state index is 13.2. The number of ketones is 1. The van der Waals surface area contributed by atoms with E-state index in [0.717, 1.165) is 24.8 Å². The summed E-state index contributed by atoms with van der Waals surface area (Å²) in [5.41, 5.74) is 1.70. The first-order valence-electron chi connectivity index (χ1n) is 7.02. The number of carbonyl (C=O) groups excluding carboxylic acids is 1. The molecule has 0 aliphatic heterocycles. The molecule has 0 saturated carbocycles. The van der Waals surface area contributed by atoms with Crippen molar-refractivity contribution in [3.63, 3.8) is 0 Å². The molecule has 21 heavy (non-hydrogen) atoms. The highest BCUT2D eigenvalue weighted by Gasteiger charge is 2.30. The van der Waals surface area contributed by atoms with Gasteiger partial charge in [0.25, 0.3) is 0 Å². The van der Waals surface area contributed by atoms with Gasteiger partial charge in [-0.15, -0.1) is 11.3 Å². The van der Waals surface area contributed by atoms with E-state index in [-0.39, 0.29) is 17.5 Å². The van der Waals surface area contributed by atoms with Crippen molar-refractivity contribution < 1.29 is 13.6 Å². The third-order valence-electron chi connectivity index (χ3n) is 4.09. The van der Waals surface area contributed by atoms with E-state index in [0.29, 0.717) is 16.7 Å². The lowest BCUT2D eigenvalue weighted by Crippen LogP contribution is -2.16. The van der Waals surface area contributed by atoms with Gasteiger partial charge in [-0.3, -0.25) is 4.79 Å². The normalized spacial score (nSPS) is 17.9. The Morgan fingerprint density at radius 1 is 1.29 bits per heavy atom. The largest absolute Gasteiger partial charge is 0.453 e. The predicted octanol–water partition coefficient (Wildman–Crippen LogP) is 4.94. The van der Waals surface area contributed by atoms with Crippen molar-refractivity contribution in [1.29, 1.82) is 0 Å². The maximum atomic E-state index is 13.2. The number of hydrogen-bond acceptors (Lipinski definition) is 3. The highest BCUT2D eigenvalue weighted by Crippen LogP contribution is 2.37. The van der Waals surface area contributed by atoms with Gasteiger partial charge in [-0.05, 0) is 60.5 Å². The third-order valence-corrected chi connectivity index (χ3v) is 5.09. The van der Waals surface area contributed by atoms with Crippen molar-refractivity contribution in [3.8, 4) is 0 Å². The molecule has 1 aliphatic rings. The molecule has 0 spiro atoms. The number of hydrogen-bond donors (Lipinski definition) is 0. The van der Waals surface area contributed by atoms with Gasteiger partial charge >= 0.3 is 0 Å². The molecule has 1 atom stereocenters. The van der Waals surface area contributed by atoms with Gasteiger partial charge in [0.15, 0.2) is 5.76 Å². The van der Waals surface area contributed by atoms with Crippen LogP contribution in [0.3, 0.4) is 0 Å². The first-order valence-corrected chi connectivity index (χ1v) is 7.90. The van der Waals surface area contributed by atoms with E-state index in [1.807, 2.05) is 11.4 Å². The van der Waals surface area contributed by atoms with Crippen LogP contribution >= 0.6 is 11.3 Å². The zero-order valence-corrected chi connectivity index (χ0v) is 12.1. The lowest BCUT2D eigenvalue weighted by atomic mass is 9.84. The van der Waals surface area contributed by atoms with Crippen LogP contribution in [0.1, 0.15) is 39.8 Å². The number of halogens is 1. The smallest absolute Gasteiger partial charge is 0.205 e. The molecule has 1 unspecified atom stereocenters. The van der Waals surface area contributed by atoms with Crippen molar-refractivity contribution in [1.82, 2.24) is 0 Å². The van der Waals surface area contributed by atoms with Crippen molar-refractivity contribution in [2.45, 2.75) is 25.2 Å². The molecule has 0 saturated heterocycles. The van der Waals surface area contributed by atoms with E-state index in [9.17, 15) is 9.18 Å². The molecular formula is C17H13FO2S. The number of aryl methyl sites for hydroxylation is 1. The number of carbonyl (C=O) groups is 1. The minimum atomic E-state index is -0.319. The average Bonchev–Trinajstić information content (AvgIpc) is 3.11. The second-order valence-corrected chi connectivity index (χ2v) is 6.40. The molecule has 106 valence electrons. The zero-order valence-electron chi connectivity index (χ0n) is 11.3. The Kier molecular flexibility index (Phi) is 2.93. The van der Waals surface area contributed by atoms with Gasteiger partial charge < -0.3 is 4.42 Å². The second-order valence-electron chi connectivity index (χ2n) is 5.40. The van der Waals surface area contributed by atoms with Crippen molar-refractivity contribution in [2.24, 2.45) is 0 Å². The van der Waals surface area contributed by atoms with Crippen LogP contribution in [0.2, 0.25) is 0 Å². The molecule has 1 aliphatic carbocycles. The highest BCUT2D eigenvalue weighted by molar-refractivity contribution is 7.10. The number of thiophene rings is 1. The second kappa shape index (κ2) is 4.81. The minimum absolute atomic E-state index is 0.00552. The Bertz CT molecular complexity index is 830. The third kappa shape index (κ3) is 2.10. The molecule has 0 bridgehead atoms. The van der Waals surface area contributed by atoms with Crippen LogP contribution in [0.15, 0.2) is 40.1 Å². The molecule has 4 heteroatoms. The number of benzene rings is 1. The Hall–Kier alpha value is -1.94. The molecule has 2 nitrogen and oxygen atoms in total. The van der Waals surface area contributed by atoms with Crippen LogP contribution < -0.4 is 0 Å². The molecule has 0 N–H and O–H groups in total. The Labute approximate surface area is 125 Å². The molecule has 1 aromatic carbocycles. The summed E-state index contributed by atoms with van der Waals surface area (Å²) in [6, 6.07) is 8.01. The standard InChI is InChI=1S/C17H13FO2S/c18-11-4-5-14-10(8-11)9-15(20-14)17(19)13-2-1-3-16-12(13)6-7-21-16/h4-9,13H,1-3H2. The first kappa shape index (κ1) is 12.8. The molecular weight excluding hydrogens is 287 g/mol. The summed E-state index contributed by atoms with van der Waals surface area (Å²) in [7, 11) is 0. The van der Waals surface area contributed by atoms with E-state index in [1.165, 1.54) is 17.0 Å². The summed E-state index contributed by atoms with van der Waals surface area (Å²) in [6.07, 6.45) is 2.94. The van der Waals surface area contributed by atoms with Crippen molar-refractivity contribution in [2.75, 3.05) is 0 Å². The SMILES string of the molecule is O=C(c1cc2cc(F)ccc2o1)C1CCCc2sccc21. The van der Waals surface area contributed by atoms with Crippen molar-refractivity contribution in [3.05, 3.63) is 57.7 Å². The highest BCUT2D eigenvalue weighted by atomic mass is 32.1. The minimum Gasteiger partial charge on any atom is -0.453 e. The van der Waals surface area contributed by atoms with Crippen LogP contribution in [-0.2, 0) is 6.42 Å². The predicted molar refractivity (Wildman–Crippen MR) is 80.5 cm³/mol. The molecule has 0 radical (unpaired) electrons. The number of furan rings is 1. The van der Waals surface area contributed by atoms with Gasteiger partial charge in [-0.25, -0.2) is 4.39 Å². The maximum Gasteiger partial charge on any atom is 0.205 e. The fraction of sp³-hybridized carbons (Fsp3) is 0.235. The Balaban J connectivity index is 1.74. The summed E-state index contributed by atoms with van der Waals surface area (Å²) in [6.45, 7) is 0. The van der Waals surface area contributed by atoms with E-state index in [1.54, 1.807) is 23.5 Å². The summed E-state index contributed by atoms with van der Waals surface area (Å²) in [5, 5.41) is 2.68. The van der Waals surface area contributed by atoms with Crippen molar-refractivity contribution >= 4 is 28.1 Å². The van der Waals surface area contributed by atoms with E-state index >= 15 is 0 Å². The molecule has 0 amide bonds. The van der Waals surface area contributed by atoms with E-state index in [4.69, 9.17) is 4.42 Å². The average molecular weight is 300 g/mol. The van der Waals surface area contributed by atoms with Gasteiger partial charge in [0.1, 0.15) is 11.4 Å². The Morgan fingerprint density at radius 2 is 2.19 bits per heavy atom. The topological polar surface area (TPSA) is 30.2 Å². The molecule has 2 aromatic heterocycles. The fourth-order valence-electron chi connectivity index (χ4n) is 3.07. The summed E-state index contributed by atoms with van der Waals surface area (Å²) in [5.74, 6) is -0.101. The van der Waals surface area contributed by atoms with Crippen LogP contribution in [0.4, 0.5) is 4.39 Å². The van der Waals surface area contributed by atoms with Gasteiger partial charge in [-0.2, -0.15) is 0 Å². The molecule has 0 fully saturated rings. The lowest BCUT2D eigenvalue weighted by molar-refractivity contribution is 0.0926. The van der Waals surface area contributed by atoms with E-state index in [2.05, 4.69) is 0 Å². The van der Waals surface area contributed by atoms with Gasteiger partial charge in [0.05, 0.1) is 5.92 Å². The van der Waals surface area contributed by atoms with Crippen LogP contribution in [0.5, 0.6) is 0 Å². The monoisotopic (exact) mass is 300 g/mol. The quantitative estimate of drug-likeness (QED) is 0.628. The number of rotatable bonds is 2. The molecule has 3 aromatic rings. The Morgan fingerprint density at radius 3 is 3.10 bits per heavy atom. The van der Waals surface area contributed by atoms with Crippen LogP contribution in [0.25, 0.3) is 11.0 Å². The fourth-order valence-corrected chi connectivity index (χ4v) is 4.05. The molecule has 4 rings (SSSR count). The lowest BCUT2D eigenvalue weighted by Gasteiger charge is -2.20. The number of fused-ring (bicyclic) bond motifs is 2. The van der Waals surface area contributed by atoms with Crippen LogP contribution in [-0.4, -0.2) is 5.78 Å². The summed E-state index contributed by atoms with van der Waals surface area (Å²) in [4.78, 5) is 14.0. The zero-order chi connectivity index (χ0) is 14.4. The summed E-state index contributed by atoms with van der Waals surface area (Å²) < 4.78 is 18.8. The number of Topliss-reactive ketones (excluding diaryl/α,β-unsaturated/α-hetero) is 1. The van der Waals surface area contributed by atoms with Gasteiger partial charge in [0, 0.05) is 10.3 Å². The molecule has 2 heterocycles. The van der Waals surface area contributed by atoms with Gasteiger partial charge in [0.2, 0.25) is 5.78 Å². The van der Waals surface area contributed by atoms with Gasteiger partial charge in [-0.1, -0.05) is 0 Å². The first-order chi connectivity index (χ1) is 10.2. The van der Waals surface area contributed by atoms with Crippen LogP contribution in [0, 0.1) is 5.82 Å².